The van der Waals surface area contributed by atoms with Crippen molar-refractivity contribution in [2.24, 2.45) is 0 Å². The van der Waals surface area contributed by atoms with Gasteiger partial charge in [-0.05, 0) is 56.2 Å². The van der Waals surface area contributed by atoms with Gasteiger partial charge in [0.05, 0.1) is 25.4 Å². The third-order valence-corrected chi connectivity index (χ3v) is 6.23. The van der Waals surface area contributed by atoms with Gasteiger partial charge in [-0.1, -0.05) is 12.1 Å². The normalized spacial score (nSPS) is 18.6. The molecule has 7 nitrogen and oxygen atoms in total. The molecule has 3 heterocycles. The number of benzene rings is 1. The van der Waals surface area contributed by atoms with Crippen LogP contribution in [0, 0.1) is 0 Å². The van der Waals surface area contributed by atoms with Crippen LogP contribution in [0.2, 0.25) is 0 Å². The third-order valence-electron chi connectivity index (χ3n) is 6.23. The molecular weight excluding hydrogens is 382 g/mol. The first-order valence-electron chi connectivity index (χ1n) is 10.6. The van der Waals surface area contributed by atoms with Crippen molar-refractivity contribution in [2.45, 2.75) is 51.1 Å². The first kappa shape index (κ1) is 18.9. The van der Waals surface area contributed by atoms with E-state index in [2.05, 4.69) is 5.10 Å². The van der Waals surface area contributed by atoms with E-state index >= 15 is 0 Å². The Labute approximate surface area is 174 Å². The molecule has 5 rings (SSSR count). The number of fused-ring (bicyclic) bond motifs is 2. The molecule has 1 atom stereocenters. The molecule has 1 aliphatic heterocycles. The maximum atomic E-state index is 13.2. The van der Waals surface area contributed by atoms with E-state index in [1.807, 2.05) is 23.1 Å². The Morgan fingerprint density at radius 2 is 2.10 bits per heavy atom. The fraction of sp³-hybridized carbons (Fsp3) is 0.435. The summed E-state index contributed by atoms with van der Waals surface area (Å²) >= 11 is 0. The van der Waals surface area contributed by atoms with Crippen molar-refractivity contribution in [3.05, 3.63) is 57.7 Å². The highest BCUT2D eigenvalue weighted by Gasteiger charge is 2.32. The number of furan rings is 1. The fourth-order valence-corrected chi connectivity index (χ4v) is 4.67. The van der Waals surface area contributed by atoms with E-state index in [1.165, 1.54) is 0 Å². The second kappa shape index (κ2) is 7.63. The van der Waals surface area contributed by atoms with E-state index in [0.29, 0.717) is 30.2 Å². The molecule has 7 heteroatoms. The number of likely N-dealkylation sites (tertiary alicyclic amines) is 1. The summed E-state index contributed by atoms with van der Waals surface area (Å²) in [5, 5.41) is 5.46. The van der Waals surface area contributed by atoms with Crippen LogP contribution in [0.15, 0.2) is 39.5 Å². The van der Waals surface area contributed by atoms with E-state index < -0.39 is 0 Å². The maximum absolute atomic E-state index is 13.2. The predicted molar refractivity (Wildman–Crippen MR) is 112 cm³/mol. The number of methoxy groups -OCH3 is 1. The molecule has 0 radical (unpaired) electrons. The molecule has 1 aromatic carbocycles. The van der Waals surface area contributed by atoms with Gasteiger partial charge >= 0.3 is 0 Å². The largest absolute Gasteiger partial charge is 0.493 e. The van der Waals surface area contributed by atoms with Gasteiger partial charge in [0.25, 0.3) is 11.5 Å². The van der Waals surface area contributed by atoms with E-state index in [-0.39, 0.29) is 17.5 Å². The number of carbonyl (C=O) groups excluding carboxylic acids is 1. The van der Waals surface area contributed by atoms with Gasteiger partial charge in [0.15, 0.2) is 17.1 Å². The predicted octanol–water partition coefficient (Wildman–Crippen LogP) is 3.18. The van der Waals surface area contributed by atoms with Crippen molar-refractivity contribution in [1.29, 1.82) is 0 Å². The summed E-state index contributed by atoms with van der Waals surface area (Å²) in [6.07, 6.45) is 5.83. The number of nitrogens with zero attached hydrogens (tertiary/aromatic N) is 3. The fourth-order valence-electron chi connectivity index (χ4n) is 4.67. The Bertz CT molecular complexity index is 1160. The zero-order valence-corrected chi connectivity index (χ0v) is 17.1. The number of para-hydroxylation sites is 1. The van der Waals surface area contributed by atoms with Crippen molar-refractivity contribution in [3.63, 3.8) is 0 Å². The van der Waals surface area contributed by atoms with Gasteiger partial charge in [-0.15, -0.1) is 0 Å². The SMILES string of the molecule is COc1cccc2cc(C(=O)N3CCCC3Cn3nc4c(cc3=O)CCCC4)oc12. The zero-order chi connectivity index (χ0) is 20.7. The maximum Gasteiger partial charge on any atom is 0.289 e. The number of aromatic nitrogens is 2. The van der Waals surface area contributed by atoms with Gasteiger partial charge in [0.2, 0.25) is 0 Å². The minimum Gasteiger partial charge on any atom is -0.493 e. The Balaban J connectivity index is 1.40. The highest BCUT2D eigenvalue weighted by Crippen LogP contribution is 2.30. The molecule has 0 N–H and O–H groups in total. The van der Waals surface area contributed by atoms with Crippen molar-refractivity contribution in [1.82, 2.24) is 14.7 Å². The van der Waals surface area contributed by atoms with Crippen molar-refractivity contribution >= 4 is 16.9 Å². The molecule has 1 fully saturated rings. The highest BCUT2D eigenvalue weighted by atomic mass is 16.5. The molecule has 1 unspecified atom stereocenters. The molecule has 3 aromatic rings. The summed E-state index contributed by atoms with van der Waals surface area (Å²) in [6.45, 7) is 1.07. The molecule has 156 valence electrons. The average molecular weight is 407 g/mol. The molecule has 2 aromatic heterocycles. The Kier molecular flexibility index (Phi) is 4.81. The third kappa shape index (κ3) is 3.28. The lowest BCUT2D eigenvalue weighted by Crippen LogP contribution is -2.41. The molecule has 30 heavy (non-hydrogen) atoms. The van der Waals surface area contributed by atoms with Crippen LogP contribution in [0.3, 0.4) is 0 Å². The van der Waals surface area contributed by atoms with Crippen LogP contribution in [0.25, 0.3) is 11.0 Å². The van der Waals surface area contributed by atoms with Gasteiger partial charge in [-0.3, -0.25) is 9.59 Å². The number of aryl methyl sites for hydroxylation is 2. The first-order valence-corrected chi connectivity index (χ1v) is 10.6. The molecule has 0 spiro atoms. The Morgan fingerprint density at radius 3 is 2.97 bits per heavy atom. The minimum atomic E-state index is -0.151. The monoisotopic (exact) mass is 407 g/mol. The lowest BCUT2D eigenvalue weighted by atomic mass is 9.97. The van der Waals surface area contributed by atoms with Crippen LogP contribution in [0.5, 0.6) is 5.75 Å². The molecule has 2 aliphatic rings. The highest BCUT2D eigenvalue weighted by molar-refractivity contribution is 5.97. The second-order valence-corrected chi connectivity index (χ2v) is 8.13. The standard InChI is InChI=1S/C23H25N3O4/c1-29-19-10-4-7-16-12-20(30-22(16)19)23(28)25-11-5-8-17(25)14-26-21(27)13-15-6-2-3-9-18(15)24-26/h4,7,10,12-13,17H,2-3,5-6,8-9,11,14H2,1H3. The second-order valence-electron chi connectivity index (χ2n) is 8.13. The topological polar surface area (TPSA) is 77.6 Å². The summed E-state index contributed by atoms with van der Waals surface area (Å²) in [6, 6.07) is 9.01. The molecule has 1 saturated heterocycles. The molecule has 1 aliphatic carbocycles. The minimum absolute atomic E-state index is 0.0700. The van der Waals surface area contributed by atoms with Gasteiger partial charge in [-0.25, -0.2) is 4.68 Å². The van der Waals surface area contributed by atoms with Gasteiger partial charge in [0, 0.05) is 18.0 Å². The van der Waals surface area contributed by atoms with Crippen LogP contribution in [-0.2, 0) is 19.4 Å². The van der Waals surface area contributed by atoms with Crippen LogP contribution in [0.4, 0.5) is 0 Å². The first-order chi connectivity index (χ1) is 14.6. The van der Waals surface area contributed by atoms with E-state index in [1.54, 1.807) is 23.9 Å². The van der Waals surface area contributed by atoms with Crippen molar-refractivity contribution in [3.8, 4) is 5.75 Å². The molecular formula is C23H25N3O4. The van der Waals surface area contributed by atoms with Crippen LogP contribution in [-0.4, -0.2) is 40.3 Å². The summed E-state index contributed by atoms with van der Waals surface area (Å²) in [5.74, 6) is 0.753. The van der Waals surface area contributed by atoms with Crippen molar-refractivity contribution in [2.75, 3.05) is 13.7 Å². The zero-order valence-electron chi connectivity index (χ0n) is 17.1. The number of carbonyl (C=O) groups is 1. The summed E-state index contributed by atoms with van der Waals surface area (Å²) < 4.78 is 12.7. The van der Waals surface area contributed by atoms with Gasteiger partial charge < -0.3 is 14.1 Å². The van der Waals surface area contributed by atoms with E-state index in [4.69, 9.17) is 9.15 Å². The smallest absolute Gasteiger partial charge is 0.289 e. The lowest BCUT2D eigenvalue weighted by molar-refractivity contribution is 0.0690. The molecule has 1 amide bonds. The van der Waals surface area contributed by atoms with E-state index in [0.717, 1.165) is 55.2 Å². The van der Waals surface area contributed by atoms with Crippen LogP contribution in [0.1, 0.15) is 47.5 Å². The summed E-state index contributed by atoms with van der Waals surface area (Å²) in [5.41, 5.74) is 2.61. The number of ether oxygens (including phenoxy) is 1. The van der Waals surface area contributed by atoms with Crippen LogP contribution < -0.4 is 10.3 Å². The Hall–Kier alpha value is -3.09. The van der Waals surface area contributed by atoms with E-state index in [9.17, 15) is 9.59 Å². The number of amides is 1. The lowest BCUT2D eigenvalue weighted by Gasteiger charge is -2.24. The number of rotatable bonds is 4. The molecule has 0 saturated carbocycles. The molecule has 0 bridgehead atoms. The van der Waals surface area contributed by atoms with Crippen molar-refractivity contribution < 1.29 is 13.9 Å². The summed E-state index contributed by atoms with van der Waals surface area (Å²) in [7, 11) is 1.58. The number of hydrogen-bond acceptors (Lipinski definition) is 5. The van der Waals surface area contributed by atoms with Gasteiger partial charge in [0.1, 0.15) is 0 Å². The van der Waals surface area contributed by atoms with Gasteiger partial charge in [-0.2, -0.15) is 5.10 Å². The number of hydrogen-bond donors (Lipinski definition) is 0. The van der Waals surface area contributed by atoms with Crippen LogP contribution >= 0.6 is 0 Å². The average Bonchev–Trinajstić information content (AvgIpc) is 3.40. The quantitative estimate of drug-likeness (QED) is 0.664. The summed E-state index contributed by atoms with van der Waals surface area (Å²) in [4.78, 5) is 27.6. The Morgan fingerprint density at radius 1 is 1.23 bits per heavy atom.